The van der Waals surface area contributed by atoms with Gasteiger partial charge in [-0.1, -0.05) is 18.2 Å². The summed E-state index contributed by atoms with van der Waals surface area (Å²) in [7, 11) is 0. The van der Waals surface area contributed by atoms with Crippen LogP contribution >= 0.6 is 11.3 Å². The molecule has 0 saturated heterocycles. The second-order valence-electron chi connectivity index (χ2n) is 3.83. The third-order valence-electron chi connectivity index (χ3n) is 2.81. The molecule has 0 amide bonds. The van der Waals surface area contributed by atoms with Crippen molar-refractivity contribution in [2.75, 3.05) is 11.4 Å². The molecule has 1 unspecified atom stereocenters. The Morgan fingerprint density at radius 2 is 2.12 bits per heavy atom. The second kappa shape index (κ2) is 4.18. The van der Waals surface area contributed by atoms with Crippen LogP contribution in [0.5, 0.6) is 0 Å². The lowest BCUT2D eigenvalue weighted by Gasteiger charge is -2.24. The SMILES string of the molecule is NC1=NCC(c2cscn2)N1c1ccccc1. The van der Waals surface area contributed by atoms with Gasteiger partial charge in [0.25, 0.3) is 0 Å². The minimum absolute atomic E-state index is 0.128. The number of aromatic nitrogens is 1. The Balaban J connectivity index is 1.98. The quantitative estimate of drug-likeness (QED) is 0.879. The van der Waals surface area contributed by atoms with Gasteiger partial charge in [-0.05, 0) is 12.1 Å². The number of thiazole rings is 1. The fourth-order valence-corrected chi connectivity index (χ4v) is 2.61. The number of para-hydroxylation sites is 1. The third kappa shape index (κ3) is 1.78. The average molecular weight is 244 g/mol. The fourth-order valence-electron chi connectivity index (χ4n) is 2.01. The van der Waals surface area contributed by atoms with E-state index in [1.54, 1.807) is 11.3 Å². The Morgan fingerprint density at radius 1 is 1.29 bits per heavy atom. The summed E-state index contributed by atoms with van der Waals surface area (Å²) in [6, 6.07) is 10.2. The molecule has 0 bridgehead atoms. The van der Waals surface area contributed by atoms with E-state index in [-0.39, 0.29) is 6.04 Å². The highest BCUT2D eigenvalue weighted by molar-refractivity contribution is 7.07. The molecule has 0 spiro atoms. The van der Waals surface area contributed by atoms with Gasteiger partial charge in [-0.15, -0.1) is 11.3 Å². The summed E-state index contributed by atoms with van der Waals surface area (Å²) < 4.78 is 0. The van der Waals surface area contributed by atoms with Crippen molar-refractivity contribution in [3.05, 3.63) is 46.9 Å². The first kappa shape index (κ1) is 10.3. The molecular formula is C12H12N4S. The molecule has 2 N–H and O–H groups in total. The van der Waals surface area contributed by atoms with E-state index >= 15 is 0 Å². The summed E-state index contributed by atoms with van der Waals surface area (Å²) in [4.78, 5) is 10.7. The number of anilines is 1. The monoisotopic (exact) mass is 244 g/mol. The van der Waals surface area contributed by atoms with Crippen LogP contribution in [0.1, 0.15) is 11.7 Å². The third-order valence-corrected chi connectivity index (χ3v) is 3.42. The van der Waals surface area contributed by atoms with Gasteiger partial charge in [-0.25, -0.2) is 4.98 Å². The zero-order valence-electron chi connectivity index (χ0n) is 9.15. The molecule has 0 saturated carbocycles. The van der Waals surface area contributed by atoms with Crippen LogP contribution in [0.3, 0.4) is 0 Å². The van der Waals surface area contributed by atoms with Crippen molar-refractivity contribution in [1.29, 1.82) is 0 Å². The van der Waals surface area contributed by atoms with Crippen LogP contribution in [0.15, 0.2) is 46.2 Å². The molecule has 5 heteroatoms. The number of nitrogens with zero attached hydrogens (tertiary/aromatic N) is 3. The molecule has 0 fully saturated rings. The molecular weight excluding hydrogens is 232 g/mol. The number of rotatable bonds is 2. The lowest BCUT2D eigenvalue weighted by molar-refractivity contribution is 0.746. The Labute approximate surface area is 103 Å². The van der Waals surface area contributed by atoms with Crippen LogP contribution in [0.4, 0.5) is 5.69 Å². The van der Waals surface area contributed by atoms with Gasteiger partial charge in [0, 0.05) is 11.1 Å². The molecule has 0 aliphatic carbocycles. The maximum absolute atomic E-state index is 5.96. The zero-order valence-corrected chi connectivity index (χ0v) is 9.97. The van der Waals surface area contributed by atoms with Crippen molar-refractivity contribution < 1.29 is 0 Å². The van der Waals surface area contributed by atoms with E-state index in [4.69, 9.17) is 5.73 Å². The number of hydrogen-bond donors (Lipinski definition) is 1. The van der Waals surface area contributed by atoms with Crippen LogP contribution in [-0.4, -0.2) is 17.5 Å². The van der Waals surface area contributed by atoms with Crippen molar-refractivity contribution in [1.82, 2.24) is 4.98 Å². The maximum atomic E-state index is 5.96. The van der Waals surface area contributed by atoms with E-state index in [0.717, 1.165) is 11.4 Å². The van der Waals surface area contributed by atoms with Gasteiger partial charge < -0.3 is 10.6 Å². The Bertz CT molecular complexity index is 521. The van der Waals surface area contributed by atoms with Crippen molar-refractivity contribution in [3.8, 4) is 0 Å². The standard InChI is InChI=1S/C12H12N4S/c13-12-14-6-11(10-7-17-8-15-10)16(12)9-4-2-1-3-5-9/h1-5,7-8,11H,6H2,(H2,13,14). The Kier molecular flexibility index (Phi) is 2.53. The first-order chi connectivity index (χ1) is 8.36. The Morgan fingerprint density at radius 3 is 2.82 bits per heavy atom. The van der Waals surface area contributed by atoms with E-state index in [1.165, 1.54) is 0 Å². The topological polar surface area (TPSA) is 54.5 Å². The normalized spacial score (nSPS) is 19.4. The van der Waals surface area contributed by atoms with Crippen LogP contribution in [0.25, 0.3) is 0 Å². The highest BCUT2D eigenvalue weighted by atomic mass is 32.1. The lowest BCUT2D eigenvalue weighted by atomic mass is 10.2. The van der Waals surface area contributed by atoms with E-state index < -0.39 is 0 Å². The second-order valence-corrected chi connectivity index (χ2v) is 4.55. The van der Waals surface area contributed by atoms with Gasteiger partial charge in [0.05, 0.1) is 23.8 Å². The van der Waals surface area contributed by atoms with Gasteiger partial charge in [-0.3, -0.25) is 4.99 Å². The number of aliphatic imine (C=N–C) groups is 1. The predicted molar refractivity (Wildman–Crippen MR) is 70.3 cm³/mol. The first-order valence-electron chi connectivity index (χ1n) is 5.38. The highest BCUT2D eigenvalue weighted by Gasteiger charge is 2.29. The number of guanidine groups is 1. The molecule has 1 aliphatic heterocycles. The van der Waals surface area contributed by atoms with Crippen LogP contribution in [0.2, 0.25) is 0 Å². The Hall–Kier alpha value is -1.88. The highest BCUT2D eigenvalue weighted by Crippen LogP contribution is 2.30. The fraction of sp³-hybridized carbons (Fsp3) is 0.167. The number of nitrogens with two attached hydrogens (primary N) is 1. The van der Waals surface area contributed by atoms with Crippen molar-refractivity contribution in [3.63, 3.8) is 0 Å². The molecule has 1 aliphatic rings. The van der Waals surface area contributed by atoms with E-state index in [2.05, 4.69) is 15.4 Å². The summed E-state index contributed by atoms with van der Waals surface area (Å²) in [6.07, 6.45) is 0. The van der Waals surface area contributed by atoms with Gasteiger partial charge in [0.2, 0.25) is 0 Å². The summed E-state index contributed by atoms with van der Waals surface area (Å²) in [5.74, 6) is 0.564. The molecule has 0 radical (unpaired) electrons. The van der Waals surface area contributed by atoms with Gasteiger partial charge in [-0.2, -0.15) is 0 Å². The number of benzene rings is 1. The zero-order chi connectivity index (χ0) is 11.7. The lowest BCUT2D eigenvalue weighted by Crippen LogP contribution is -2.36. The summed E-state index contributed by atoms with van der Waals surface area (Å²) in [5, 5.41) is 2.05. The van der Waals surface area contributed by atoms with E-state index in [0.29, 0.717) is 12.5 Å². The molecule has 2 aromatic rings. The summed E-state index contributed by atoms with van der Waals surface area (Å²) in [6.45, 7) is 0.671. The first-order valence-corrected chi connectivity index (χ1v) is 6.33. The van der Waals surface area contributed by atoms with Crippen molar-refractivity contribution >= 4 is 23.0 Å². The molecule has 86 valence electrons. The van der Waals surface area contributed by atoms with Gasteiger partial charge in [0.1, 0.15) is 0 Å². The van der Waals surface area contributed by atoms with E-state index in [1.807, 2.05) is 40.7 Å². The molecule has 1 atom stereocenters. The molecule has 1 aromatic carbocycles. The summed E-state index contributed by atoms with van der Waals surface area (Å²) >= 11 is 1.60. The molecule has 1 aromatic heterocycles. The van der Waals surface area contributed by atoms with Crippen LogP contribution < -0.4 is 10.6 Å². The van der Waals surface area contributed by atoms with Gasteiger partial charge >= 0.3 is 0 Å². The summed E-state index contributed by atoms with van der Waals surface area (Å²) in [5.41, 5.74) is 9.89. The van der Waals surface area contributed by atoms with Crippen LogP contribution in [0, 0.1) is 0 Å². The number of hydrogen-bond acceptors (Lipinski definition) is 5. The largest absolute Gasteiger partial charge is 0.369 e. The predicted octanol–water partition coefficient (Wildman–Crippen LogP) is 2.02. The molecule has 3 rings (SSSR count). The van der Waals surface area contributed by atoms with Crippen LogP contribution in [-0.2, 0) is 0 Å². The smallest absolute Gasteiger partial charge is 0.196 e. The minimum Gasteiger partial charge on any atom is -0.369 e. The minimum atomic E-state index is 0.128. The van der Waals surface area contributed by atoms with Gasteiger partial charge in [0.15, 0.2) is 5.96 Å². The average Bonchev–Trinajstić information content (AvgIpc) is 2.98. The maximum Gasteiger partial charge on any atom is 0.196 e. The molecule has 17 heavy (non-hydrogen) atoms. The molecule has 2 heterocycles. The molecule has 4 nitrogen and oxygen atoms in total. The van der Waals surface area contributed by atoms with Crippen molar-refractivity contribution in [2.24, 2.45) is 10.7 Å². The van der Waals surface area contributed by atoms with Crippen molar-refractivity contribution in [2.45, 2.75) is 6.04 Å². The van der Waals surface area contributed by atoms with E-state index in [9.17, 15) is 0 Å².